The van der Waals surface area contributed by atoms with E-state index in [-0.39, 0.29) is 25.7 Å². The van der Waals surface area contributed by atoms with Gasteiger partial charge in [-0.3, -0.25) is 37.3 Å². The van der Waals surface area contributed by atoms with E-state index in [1.54, 1.807) is 0 Å². The van der Waals surface area contributed by atoms with Crippen molar-refractivity contribution in [2.45, 2.75) is 401 Å². The highest BCUT2D eigenvalue weighted by atomic mass is 31.2. The number of unbranched alkanes of at least 4 members (excludes halogenated alkanes) is 38. The van der Waals surface area contributed by atoms with E-state index in [0.717, 1.165) is 114 Å². The summed E-state index contributed by atoms with van der Waals surface area (Å²) < 4.78 is 68.4. The molecule has 0 heterocycles. The van der Waals surface area contributed by atoms with Crippen LogP contribution in [0.4, 0.5) is 0 Å². The van der Waals surface area contributed by atoms with Gasteiger partial charge in [0, 0.05) is 25.7 Å². The Hall–Kier alpha value is -1.94. The molecule has 0 aliphatic carbocycles. The SMILES string of the molecule is CCC(C)CCCCCCCCC(=O)OC[C@H](COP(=O)(O)OC[C@H](O)COP(=O)(O)OC[C@@H](COC(=O)CCCCCCCCCCCCCCCCCCCCC(C)C)OC(=O)CCCCCCCCCC(C)C)OC(=O)CCCCCCCCCCCCCC(C)C. The largest absolute Gasteiger partial charge is 0.472 e. The number of rotatable bonds is 73. The number of aliphatic hydroxyl groups excluding tert-OH is 1. The number of carbonyl (C=O) groups excluding carboxylic acids is 4. The fraction of sp³-hybridized carbons (Fsp3) is 0.947. The number of hydrogen-bond acceptors (Lipinski definition) is 15. The molecular formula is C76H148O17P2. The van der Waals surface area contributed by atoms with Crippen molar-refractivity contribution in [2.75, 3.05) is 39.6 Å². The van der Waals surface area contributed by atoms with E-state index in [0.29, 0.717) is 31.6 Å². The Morgan fingerprint density at radius 1 is 0.295 bits per heavy atom. The van der Waals surface area contributed by atoms with Crippen LogP contribution in [0.5, 0.6) is 0 Å². The summed E-state index contributed by atoms with van der Waals surface area (Å²) in [6.07, 6.45) is 50.2. The third-order valence-corrected chi connectivity index (χ3v) is 19.8. The molecule has 0 radical (unpaired) electrons. The van der Waals surface area contributed by atoms with Gasteiger partial charge in [-0.1, -0.05) is 331 Å². The number of phosphoric ester groups is 2. The standard InChI is InChI=1S/C76H148O17P2/c1-9-69(8)55-47-39-34-35-41-49-57-74(79)87-63-72(92-75(80)58-50-42-32-26-22-18-20-24-29-37-45-53-67(4)5)65-91-95(84,85)89-61-70(77)60-88-94(82,83)90-64-71(93-76(81)59-51-43-33-27-30-38-46-54-68(6)7)62-86-73(78)56-48-40-31-25-21-17-15-13-11-10-12-14-16-19-23-28-36-44-52-66(2)3/h66-72,77H,9-65H2,1-8H3,(H,82,83)(H,84,85)/t69?,70-,71-,72-/m1/s1. The van der Waals surface area contributed by atoms with Crippen LogP contribution in [-0.4, -0.2) is 96.7 Å². The van der Waals surface area contributed by atoms with Crippen LogP contribution in [0.25, 0.3) is 0 Å². The van der Waals surface area contributed by atoms with Crippen molar-refractivity contribution >= 4 is 39.5 Å². The minimum absolute atomic E-state index is 0.103. The van der Waals surface area contributed by atoms with Crippen LogP contribution in [0.15, 0.2) is 0 Å². The number of carbonyl (C=O) groups is 4. The number of phosphoric acid groups is 2. The summed E-state index contributed by atoms with van der Waals surface area (Å²) in [6.45, 7) is 14.1. The molecule has 0 bridgehead atoms. The van der Waals surface area contributed by atoms with Gasteiger partial charge in [0.1, 0.15) is 19.3 Å². The number of hydrogen-bond donors (Lipinski definition) is 3. The predicted molar refractivity (Wildman–Crippen MR) is 386 cm³/mol. The van der Waals surface area contributed by atoms with Crippen LogP contribution in [0.2, 0.25) is 0 Å². The first-order valence-corrected chi connectivity index (χ1v) is 42.2. The molecule has 0 amide bonds. The van der Waals surface area contributed by atoms with Gasteiger partial charge in [-0.25, -0.2) is 9.13 Å². The van der Waals surface area contributed by atoms with Gasteiger partial charge < -0.3 is 33.8 Å². The number of aliphatic hydroxyl groups is 1. The molecular weight excluding hydrogens is 1250 g/mol. The van der Waals surface area contributed by atoms with Gasteiger partial charge in [-0.2, -0.15) is 0 Å². The monoisotopic (exact) mass is 1400 g/mol. The average molecular weight is 1400 g/mol. The van der Waals surface area contributed by atoms with Gasteiger partial charge >= 0.3 is 39.5 Å². The summed E-state index contributed by atoms with van der Waals surface area (Å²) in [5.74, 6) is 0.890. The molecule has 0 rings (SSSR count). The maximum atomic E-state index is 13.1. The van der Waals surface area contributed by atoms with E-state index in [2.05, 4.69) is 55.4 Å². The first kappa shape index (κ1) is 93.1. The minimum Gasteiger partial charge on any atom is -0.462 e. The van der Waals surface area contributed by atoms with Crippen molar-refractivity contribution in [3.05, 3.63) is 0 Å². The van der Waals surface area contributed by atoms with Crippen molar-refractivity contribution in [3.8, 4) is 0 Å². The Labute approximate surface area is 581 Å². The Morgan fingerprint density at radius 3 is 0.747 bits per heavy atom. The molecule has 0 fully saturated rings. The lowest BCUT2D eigenvalue weighted by atomic mass is 10.00. The smallest absolute Gasteiger partial charge is 0.462 e. The molecule has 0 aromatic rings. The highest BCUT2D eigenvalue weighted by molar-refractivity contribution is 7.47. The zero-order valence-corrected chi connectivity index (χ0v) is 64.1. The summed E-state index contributed by atoms with van der Waals surface area (Å²) >= 11 is 0. The molecule has 0 aliphatic rings. The van der Waals surface area contributed by atoms with Crippen LogP contribution in [0.3, 0.4) is 0 Å². The van der Waals surface area contributed by atoms with Gasteiger partial charge in [0.05, 0.1) is 26.4 Å². The summed E-state index contributed by atoms with van der Waals surface area (Å²) in [5.41, 5.74) is 0. The van der Waals surface area contributed by atoms with Gasteiger partial charge in [0.2, 0.25) is 0 Å². The van der Waals surface area contributed by atoms with Crippen molar-refractivity contribution in [1.82, 2.24) is 0 Å². The van der Waals surface area contributed by atoms with Crippen molar-refractivity contribution in [3.63, 3.8) is 0 Å². The number of esters is 4. The van der Waals surface area contributed by atoms with E-state index in [1.165, 1.54) is 180 Å². The zero-order valence-electron chi connectivity index (χ0n) is 62.3. The van der Waals surface area contributed by atoms with Crippen molar-refractivity contribution in [1.29, 1.82) is 0 Å². The molecule has 0 saturated carbocycles. The fourth-order valence-electron chi connectivity index (χ4n) is 11.5. The first-order chi connectivity index (χ1) is 45.6. The lowest BCUT2D eigenvalue weighted by molar-refractivity contribution is -0.161. The van der Waals surface area contributed by atoms with E-state index in [4.69, 9.17) is 37.0 Å². The van der Waals surface area contributed by atoms with Crippen LogP contribution >= 0.6 is 15.6 Å². The molecule has 3 unspecified atom stereocenters. The number of ether oxygens (including phenoxy) is 4. The third kappa shape index (κ3) is 69.0. The summed E-state index contributed by atoms with van der Waals surface area (Å²) in [5, 5.41) is 10.6. The molecule has 0 spiro atoms. The fourth-order valence-corrected chi connectivity index (χ4v) is 13.1. The molecule has 0 aromatic heterocycles. The molecule has 3 N–H and O–H groups in total. The summed E-state index contributed by atoms with van der Waals surface area (Å²) in [6, 6.07) is 0. The third-order valence-electron chi connectivity index (χ3n) is 17.9. The maximum absolute atomic E-state index is 13.1. The Morgan fingerprint density at radius 2 is 0.505 bits per heavy atom. The van der Waals surface area contributed by atoms with E-state index < -0.39 is 97.5 Å². The average Bonchev–Trinajstić information content (AvgIpc) is 1.72. The van der Waals surface area contributed by atoms with E-state index >= 15 is 0 Å². The van der Waals surface area contributed by atoms with Gasteiger partial charge in [0.15, 0.2) is 12.2 Å². The van der Waals surface area contributed by atoms with Crippen LogP contribution in [-0.2, 0) is 65.4 Å². The van der Waals surface area contributed by atoms with Crippen molar-refractivity contribution in [2.24, 2.45) is 23.7 Å². The minimum atomic E-state index is -4.96. The van der Waals surface area contributed by atoms with Crippen LogP contribution in [0, 0.1) is 23.7 Å². The lowest BCUT2D eigenvalue weighted by Crippen LogP contribution is -2.30. The van der Waals surface area contributed by atoms with Crippen LogP contribution < -0.4 is 0 Å². The van der Waals surface area contributed by atoms with Gasteiger partial charge in [0.25, 0.3) is 0 Å². The molecule has 0 aromatic carbocycles. The second-order valence-corrected chi connectivity index (χ2v) is 32.0. The van der Waals surface area contributed by atoms with Crippen LogP contribution in [0.1, 0.15) is 383 Å². The molecule has 0 saturated heterocycles. The van der Waals surface area contributed by atoms with E-state index in [9.17, 15) is 43.2 Å². The Bertz CT molecular complexity index is 1870. The second kappa shape index (κ2) is 65.4. The molecule has 95 heavy (non-hydrogen) atoms. The quantitative estimate of drug-likeness (QED) is 0.0222. The molecule has 0 aliphatic heterocycles. The molecule has 6 atom stereocenters. The molecule has 17 nitrogen and oxygen atoms in total. The zero-order chi connectivity index (χ0) is 70.3. The maximum Gasteiger partial charge on any atom is 0.472 e. The lowest BCUT2D eigenvalue weighted by Gasteiger charge is -2.21. The molecule has 564 valence electrons. The summed E-state index contributed by atoms with van der Waals surface area (Å²) in [7, 11) is -9.91. The summed E-state index contributed by atoms with van der Waals surface area (Å²) in [4.78, 5) is 72.7. The van der Waals surface area contributed by atoms with Gasteiger partial charge in [-0.05, 0) is 49.4 Å². The highest BCUT2D eigenvalue weighted by Gasteiger charge is 2.30. The highest BCUT2D eigenvalue weighted by Crippen LogP contribution is 2.45. The molecule has 19 heteroatoms. The predicted octanol–water partition coefficient (Wildman–Crippen LogP) is 22.0. The second-order valence-electron chi connectivity index (χ2n) is 29.1. The van der Waals surface area contributed by atoms with Crippen molar-refractivity contribution < 1.29 is 80.2 Å². The Kier molecular flexibility index (Phi) is 64.0. The first-order valence-electron chi connectivity index (χ1n) is 39.2. The Balaban J connectivity index is 5.15. The topological polar surface area (TPSA) is 237 Å². The normalized spacial score (nSPS) is 14.4. The van der Waals surface area contributed by atoms with E-state index in [1.807, 2.05) is 0 Å². The van der Waals surface area contributed by atoms with Gasteiger partial charge in [-0.15, -0.1) is 0 Å².